The van der Waals surface area contributed by atoms with E-state index in [-0.39, 0.29) is 17.3 Å². The van der Waals surface area contributed by atoms with Crippen molar-refractivity contribution in [2.24, 2.45) is 0 Å². The van der Waals surface area contributed by atoms with Crippen LogP contribution in [0.5, 0.6) is 0 Å². The zero-order valence-electron chi connectivity index (χ0n) is 9.07. The molecule has 0 bridgehead atoms. The van der Waals surface area contributed by atoms with Crippen LogP contribution in [0.1, 0.15) is 5.56 Å². The van der Waals surface area contributed by atoms with Crippen LogP contribution in [0, 0.1) is 10.1 Å². The molecule has 0 atom stereocenters. The van der Waals surface area contributed by atoms with Crippen LogP contribution in [0.15, 0.2) is 18.2 Å². The summed E-state index contributed by atoms with van der Waals surface area (Å²) in [6, 6.07) is 4.31. The number of hydrogen-bond donors (Lipinski definition) is 0. The number of alkyl halides is 3. The van der Waals surface area contributed by atoms with E-state index in [0.29, 0.717) is 5.56 Å². The van der Waals surface area contributed by atoms with E-state index < -0.39 is 17.9 Å². The first-order chi connectivity index (χ1) is 7.95. The summed E-state index contributed by atoms with van der Waals surface area (Å²) in [5.74, 6) is 0.139. The van der Waals surface area contributed by atoms with Crippen LogP contribution < -0.4 is 4.90 Å². The lowest BCUT2D eigenvalue weighted by molar-refractivity contribution is -0.384. The number of nitro groups is 1. The van der Waals surface area contributed by atoms with Crippen LogP contribution in [0.4, 0.5) is 20.2 Å². The van der Waals surface area contributed by atoms with Gasteiger partial charge in [0, 0.05) is 19.0 Å². The monoisotopic (exact) mass is 264 g/mol. The van der Waals surface area contributed by atoms with Gasteiger partial charge in [-0.15, -0.1) is 11.6 Å². The molecule has 0 fully saturated rings. The zero-order chi connectivity index (χ0) is 13.0. The van der Waals surface area contributed by atoms with Gasteiger partial charge in [0.2, 0.25) is 0 Å². The highest BCUT2D eigenvalue weighted by Gasteiger charge is 2.19. The van der Waals surface area contributed by atoms with Gasteiger partial charge in [-0.25, -0.2) is 8.78 Å². The minimum absolute atomic E-state index is 0.139. The molecule has 4 nitrogen and oxygen atoms in total. The van der Waals surface area contributed by atoms with Crippen molar-refractivity contribution in [1.82, 2.24) is 0 Å². The van der Waals surface area contributed by atoms with E-state index in [2.05, 4.69) is 0 Å². The van der Waals surface area contributed by atoms with E-state index in [4.69, 9.17) is 11.6 Å². The predicted molar refractivity (Wildman–Crippen MR) is 61.9 cm³/mol. The van der Waals surface area contributed by atoms with Crippen LogP contribution in [-0.2, 0) is 5.88 Å². The summed E-state index contributed by atoms with van der Waals surface area (Å²) in [4.78, 5) is 11.4. The van der Waals surface area contributed by atoms with Gasteiger partial charge in [0.25, 0.3) is 12.1 Å². The van der Waals surface area contributed by atoms with Crippen molar-refractivity contribution >= 4 is 23.0 Å². The van der Waals surface area contributed by atoms with Crippen LogP contribution in [0.2, 0.25) is 0 Å². The molecule has 1 aromatic rings. The van der Waals surface area contributed by atoms with Gasteiger partial charge in [0.05, 0.1) is 11.5 Å². The van der Waals surface area contributed by atoms with Crippen molar-refractivity contribution in [2.75, 3.05) is 18.5 Å². The van der Waals surface area contributed by atoms with Gasteiger partial charge in [-0.3, -0.25) is 10.1 Å². The quantitative estimate of drug-likeness (QED) is 0.466. The summed E-state index contributed by atoms with van der Waals surface area (Å²) < 4.78 is 24.4. The van der Waals surface area contributed by atoms with E-state index in [9.17, 15) is 18.9 Å². The fraction of sp³-hybridized carbons (Fsp3) is 0.400. The van der Waals surface area contributed by atoms with Gasteiger partial charge < -0.3 is 4.90 Å². The van der Waals surface area contributed by atoms with Crippen LogP contribution in [0.25, 0.3) is 0 Å². The molecule has 0 radical (unpaired) electrons. The van der Waals surface area contributed by atoms with E-state index >= 15 is 0 Å². The molecule has 0 saturated heterocycles. The molecule has 1 rings (SSSR count). The Morgan fingerprint density at radius 2 is 2.18 bits per heavy atom. The second kappa shape index (κ2) is 5.77. The SMILES string of the molecule is CN(CC(F)F)c1ccc(CCl)cc1[N+](=O)[O-]. The standard InChI is InChI=1S/C10H11ClF2N2O2/c1-14(6-10(12)13)8-3-2-7(5-11)4-9(8)15(16)17/h2-4,10H,5-6H2,1H3. The number of anilines is 1. The number of nitro benzene ring substituents is 1. The van der Waals surface area contributed by atoms with Crippen LogP contribution in [0.3, 0.4) is 0 Å². The summed E-state index contributed by atoms with van der Waals surface area (Å²) in [7, 11) is 1.38. The molecule has 0 amide bonds. The van der Waals surface area contributed by atoms with Crippen molar-refractivity contribution in [3.8, 4) is 0 Å². The summed E-state index contributed by atoms with van der Waals surface area (Å²) in [5.41, 5.74) is 0.517. The van der Waals surface area contributed by atoms with E-state index in [1.807, 2.05) is 0 Å². The molecule has 17 heavy (non-hydrogen) atoms. The predicted octanol–water partition coefficient (Wildman–Crippen LogP) is 3.03. The second-order valence-electron chi connectivity index (χ2n) is 3.49. The third-order valence-corrected chi connectivity index (χ3v) is 2.52. The first kappa shape index (κ1) is 13.6. The smallest absolute Gasteiger partial charge is 0.292 e. The van der Waals surface area contributed by atoms with Gasteiger partial charge in [0.15, 0.2) is 0 Å². The van der Waals surface area contributed by atoms with E-state index in [0.717, 1.165) is 4.90 Å². The first-order valence-electron chi connectivity index (χ1n) is 4.78. The van der Waals surface area contributed by atoms with Gasteiger partial charge in [-0.2, -0.15) is 0 Å². The van der Waals surface area contributed by atoms with Crippen molar-refractivity contribution in [3.05, 3.63) is 33.9 Å². The average Bonchev–Trinajstić information content (AvgIpc) is 2.27. The molecule has 0 aliphatic rings. The fourth-order valence-corrected chi connectivity index (χ4v) is 1.59. The summed E-state index contributed by atoms with van der Waals surface area (Å²) in [6.07, 6.45) is -2.55. The molecule has 0 heterocycles. The molecule has 94 valence electrons. The van der Waals surface area contributed by atoms with Crippen molar-refractivity contribution in [2.45, 2.75) is 12.3 Å². The highest BCUT2D eigenvalue weighted by atomic mass is 35.5. The molecule has 0 unspecified atom stereocenters. The lowest BCUT2D eigenvalue weighted by Gasteiger charge is -2.18. The Hall–Kier alpha value is -1.43. The molecule has 0 saturated carbocycles. The topological polar surface area (TPSA) is 46.4 Å². The fourth-order valence-electron chi connectivity index (χ4n) is 1.43. The van der Waals surface area contributed by atoms with Gasteiger partial charge in [0.1, 0.15) is 5.69 Å². The minimum atomic E-state index is -2.55. The Balaban J connectivity index is 3.09. The minimum Gasteiger partial charge on any atom is -0.363 e. The largest absolute Gasteiger partial charge is 0.363 e. The van der Waals surface area contributed by atoms with E-state index in [1.54, 1.807) is 6.07 Å². The highest BCUT2D eigenvalue weighted by molar-refractivity contribution is 6.17. The summed E-state index contributed by atoms with van der Waals surface area (Å²) >= 11 is 5.56. The van der Waals surface area contributed by atoms with Crippen molar-refractivity contribution in [3.63, 3.8) is 0 Å². The van der Waals surface area contributed by atoms with Gasteiger partial charge in [-0.05, 0) is 11.6 Å². The number of rotatable bonds is 5. The van der Waals surface area contributed by atoms with Crippen LogP contribution in [-0.4, -0.2) is 24.9 Å². The summed E-state index contributed by atoms with van der Waals surface area (Å²) in [6.45, 7) is -0.555. The summed E-state index contributed by atoms with van der Waals surface area (Å²) in [5, 5.41) is 10.8. The van der Waals surface area contributed by atoms with Gasteiger partial charge >= 0.3 is 0 Å². The van der Waals surface area contributed by atoms with E-state index in [1.165, 1.54) is 19.2 Å². The Morgan fingerprint density at radius 3 is 2.65 bits per heavy atom. The Kier molecular flexibility index (Phi) is 4.62. The maximum atomic E-state index is 12.2. The maximum absolute atomic E-state index is 12.2. The van der Waals surface area contributed by atoms with Crippen molar-refractivity contribution in [1.29, 1.82) is 0 Å². The van der Waals surface area contributed by atoms with Crippen molar-refractivity contribution < 1.29 is 13.7 Å². The second-order valence-corrected chi connectivity index (χ2v) is 3.75. The Labute approximate surface area is 102 Å². The Bertz CT molecular complexity index is 415. The molecule has 0 aliphatic carbocycles. The maximum Gasteiger partial charge on any atom is 0.292 e. The number of hydrogen-bond acceptors (Lipinski definition) is 3. The number of benzene rings is 1. The first-order valence-corrected chi connectivity index (χ1v) is 5.31. The molecule has 7 heteroatoms. The molecule has 0 N–H and O–H groups in total. The molecule has 0 aliphatic heterocycles. The lowest BCUT2D eigenvalue weighted by Crippen LogP contribution is -2.24. The third kappa shape index (κ3) is 3.52. The molecule has 0 spiro atoms. The van der Waals surface area contributed by atoms with Crippen LogP contribution >= 0.6 is 11.6 Å². The van der Waals surface area contributed by atoms with Gasteiger partial charge in [-0.1, -0.05) is 6.07 Å². The highest BCUT2D eigenvalue weighted by Crippen LogP contribution is 2.29. The normalized spacial score (nSPS) is 10.6. The molecule has 0 aromatic heterocycles. The third-order valence-electron chi connectivity index (χ3n) is 2.21. The number of halogens is 3. The Morgan fingerprint density at radius 1 is 1.53 bits per heavy atom. The molecular formula is C10H11ClF2N2O2. The average molecular weight is 265 g/mol. The lowest BCUT2D eigenvalue weighted by atomic mass is 10.2. The zero-order valence-corrected chi connectivity index (χ0v) is 9.82. The number of nitrogens with zero attached hydrogens (tertiary/aromatic N) is 2. The molecule has 1 aromatic carbocycles. The molecular weight excluding hydrogens is 254 g/mol.